The summed E-state index contributed by atoms with van der Waals surface area (Å²) in [5.74, 6) is 2.34. The van der Waals surface area contributed by atoms with E-state index in [1.54, 1.807) is 6.33 Å². The maximum absolute atomic E-state index is 9.16. The van der Waals surface area contributed by atoms with Crippen LogP contribution in [-0.2, 0) is 0 Å². The van der Waals surface area contributed by atoms with Crippen LogP contribution in [0.4, 0.5) is 11.6 Å². The minimum absolute atomic E-state index is 0.0153. The van der Waals surface area contributed by atoms with Crippen molar-refractivity contribution >= 4 is 11.6 Å². The first-order valence-corrected chi connectivity index (χ1v) is 7.81. The Bertz CT molecular complexity index is 690. The van der Waals surface area contributed by atoms with Crippen LogP contribution in [0.15, 0.2) is 36.7 Å². The number of anilines is 2. The van der Waals surface area contributed by atoms with Crippen molar-refractivity contribution in [2.75, 3.05) is 23.4 Å². The third kappa shape index (κ3) is 2.13. The highest BCUT2D eigenvalue weighted by Gasteiger charge is 2.42. The van der Waals surface area contributed by atoms with Gasteiger partial charge in [0.1, 0.15) is 18.0 Å². The Kier molecular flexibility index (Phi) is 3.22. The van der Waals surface area contributed by atoms with Gasteiger partial charge in [0.2, 0.25) is 0 Å². The summed E-state index contributed by atoms with van der Waals surface area (Å²) in [5.41, 5.74) is 2.95. The molecule has 0 unspecified atom stereocenters. The Balaban J connectivity index is 1.61. The topological polar surface area (TPSA) is 61.3 Å². The lowest BCUT2D eigenvalue weighted by Gasteiger charge is -2.30. The van der Waals surface area contributed by atoms with Crippen LogP contribution in [0.1, 0.15) is 36.4 Å². The van der Waals surface area contributed by atoms with E-state index in [1.165, 1.54) is 17.5 Å². The lowest BCUT2D eigenvalue weighted by molar-refractivity contribution is 0.281. The van der Waals surface area contributed by atoms with E-state index in [1.807, 2.05) is 13.0 Å². The Morgan fingerprint density at radius 1 is 1.32 bits per heavy atom. The Morgan fingerprint density at radius 2 is 2.14 bits per heavy atom. The van der Waals surface area contributed by atoms with Gasteiger partial charge >= 0.3 is 0 Å². The zero-order chi connectivity index (χ0) is 15.1. The van der Waals surface area contributed by atoms with E-state index in [0.717, 1.165) is 18.2 Å². The number of aliphatic hydroxyl groups is 1. The molecule has 3 atom stereocenters. The normalized spacial score (nSPS) is 23.5. The van der Waals surface area contributed by atoms with Gasteiger partial charge in [-0.15, -0.1) is 0 Å². The van der Waals surface area contributed by atoms with Crippen LogP contribution >= 0.6 is 0 Å². The molecule has 22 heavy (non-hydrogen) atoms. The molecule has 2 bridgehead atoms. The summed E-state index contributed by atoms with van der Waals surface area (Å²) in [4.78, 5) is 11.1. The largest absolute Gasteiger partial charge is 0.394 e. The summed E-state index contributed by atoms with van der Waals surface area (Å²) in [6.07, 6.45) is 2.78. The van der Waals surface area contributed by atoms with Gasteiger partial charge in [-0.05, 0) is 24.5 Å². The summed E-state index contributed by atoms with van der Waals surface area (Å²) in [7, 11) is 0. The highest BCUT2D eigenvalue weighted by Crippen LogP contribution is 2.51. The molecular formula is C17H20N4O. The molecule has 1 aliphatic carbocycles. The van der Waals surface area contributed by atoms with E-state index in [0.29, 0.717) is 12.0 Å². The molecule has 1 aromatic carbocycles. The van der Waals surface area contributed by atoms with Crippen molar-refractivity contribution in [3.05, 3.63) is 47.8 Å². The van der Waals surface area contributed by atoms with Gasteiger partial charge in [0, 0.05) is 24.6 Å². The van der Waals surface area contributed by atoms with Crippen LogP contribution in [0.5, 0.6) is 0 Å². The van der Waals surface area contributed by atoms with Gasteiger partial charge in [0.15, 0.2) is 0 Å². The van der Waals surface area contributed by atoms with Crippen LogP contribution in [0.2, 0.25) is 0 Å². The van der Waals surface area contributed by atoms with E-state index in [9.17, 15) is 0 Å². The van der Waals surface area contributed by atoms with E-state index in [4.69, 9.17) is 5.11 Å². The molecule has 4 rings (SSSR count). The summed E-state index contributed by atoms with van der Waals surface area (Å²) >= 11 is 0. The summed E-state index contributed by atoms with van der Waals surface area (Å²) in [5, 5.41) is 12.3. The summed E-state index contributed by atoms with van der Waals surface area (Å²) < 4.78 is 0. The van der Waals surface area contributed by atoms with Crippen LogP contribution in [-0.4, -0.2) is 34.3 Å². The van der Waals surface area contributed by atoms with E-state index < -0.39 is 0 Å². The van der Waals surface area contributed by atoms with E-state index in [-0.39, 0.29) is 12.6 Å². The second kappa shape index (κ2) is 5.25. The van der Waals surface area contributed by atoms with Crippen molar-refractivity contribution in [1.29, 1.82) is 0 Å². The van der Waals surface area contributed by atoms with Crippen molar-refractivity contribution in [1.82, 2.24) is 9.97 Å². The number of aromatic nitrogens is 2. The van der Waals surface area contributed by atoms with Crippen molar-refractivity contribution in [2.24, 2.45) is 0 Å². The SMILES string of the molecule is C[C@H](CO)Nc1cc(N2C[C@H]3C[C@H]2c2ccccc23)ncn1. The number of rotatable bonds is 4. The molecule has 2 heterocycles. The monoisotopic (exact) mass is 296 g/mol. The average molecular weight is 296 g/mol. The lowest BCUT2D eigenvalue weighted by atomic mass is 9.99. The molecule has 1 aromatic heterocycles. The maximum Gasteiger partial charge on any atom is 0.134 e. The van der Waals surface area contributed by atoms with Gasteiger partial charge in [0.05, 0.1) is 12.6 Å². The first-order chi connectivity index (χ1) is 10.8. The number of nitrogens with zero attached hydrogens (tertiary/aromatic N) is 3. The van der Waals surface area contributed by atoms with Gasteiger partial charge in [-0.25, -0.2) is 9.97 Å². The molecule has 1 saturated heterocycles. The Labute approximate surface area is 130 Å². The Morgan fingerprint density at radius 3 is 2.95 bits per heavy atom. The zero-order valence-electron chi connectivity index (χ0n) is 12.6. The molecule has 1 aliphatic heterocycles. The quantitative estimate of drug-likeness (QED) is 0.906. The van der Waals surface area contributed by atoms with Gasteiger partial charge in [0.25, 0.3) is 0 Å². The van der Waals surface area contributed by atoms with Crippen molar-refractivity contribution in [2.45, 2.75) is 31.3 Å². The van der Waals surface area contributed by atoms with Gasteiger partial charge in [-0.2, -0.15) is 0 Å². The molecule has 2 aromatic rings. The predicted molar refractivity (Wildman–Crippen MR) is 86.1 cm³/mol. The molecular weight excluding hydrogens is 276 g/mol. The van der Waals surface area contributed by atoms with Gasteiger partial charge < -0.3 is 15.3 Å². The van der Waals surface area contributed by atoms with Crippen LogP contribution in [0, 0.1) is 0 Å². The average Bonchev–Trinajstić information content (AvgIpc) is 3.14. The second-order valence-corrected chi connectivity index (χ2v) is 6.22. The number of fused-ring (bicyclic) bond motifs is 5. The number of nitrogens with one attached hydrogen (secondary N) is 1. The standard InChI is InChI=1S/C17H20N4O/c1-11(9-22)20-16-7-17(19-10-18-16)21-8-12-6-15(21)14-5-3-2-4-13(12)14/h2-5,7,10-12,15,22H,6,8-9H2,1H3,(H,18,19,20)/t11-,12-,15+/m1/s1. The number of hydrogen-bond acceptors (Lipinski definition) is 5. The van der Waals surface area contributed by atoms with Crippen molar-refractivity contribution < 1.29 is 5.11 Å². The molecule has 2 N–H and O–H groups in total. The van der Waals surface area contributed by atoms with Crippen molar-refractivity contribution in [3.63, 3.8) is 0 Å². The molecule has 0 spiro atoms. The Hall–Kier alpha value is -2.14. The second-order valence-electron chi connectivity index (χ2n) is 6.22. The smallest absolute Gasteiger partial charge is 0.134 e. The third-order valence-electron chi connectivity index (χ3n) is 4.71. The lowest BCUT2D eigenvalue weighted by Crippen LogP contribution is -2.28. The first kappa shape index (κ1) is 13.5. The number of benzene rings is 1. The predicted octanol–water partition coefficient (Wildman–Crippen LogP) is 2.32. The van der Waals surface area contributed by atoms with Crippen molar-refractivity contribution in [3.8, 4) is 0 Å². The fourth-order valence-electron chi connectivity index (χ4n) is 3.68. The molecule has 5 nitrogen and oxygen atoms in total. The molecule has 0 radical (unpaired) electrons. The minimum Gasteiger partial charge on any atom is -0.394 e. The fraction of sp³-hybridized carbons (Fsp3) is 0.412. The number of aliphatic hydroxyl groups excluding tert-OH is 1. The van der Waals surface area contributed by atoms with Gasteiger partial charge in [-0.3, -0.25) is 0 Å². The van der Waals surface area contributed by atoms with Gasteiger partial charge in [-0.1, -0.05) is 24.3 Å². The molecule has 114 valence electrons. The summed E-state index contributed by atoms with van der Waals surface area (Å²) in [6.45, 7) is 3.03. The highest BCUT2D eigenvalue weighted by atomic mass is 16.3. The van der Waals surface area contributed by atoms with Crippen LogP contribution < -0.4 is 10.2 Å². The van der Waals surface area contributed by atoms with Crippen LogP contribution in [0.25, 0.3) is 0 Å². The minimum atomic E-state index is -0.0153. The number of hydrogen-bond donors (Lipinski definition) is 2. The maximum atomic E-state index is 9.16. The first-order valence-electron chi connectivity index (χ1n) is 7.81. The molecule has 5 heteroatoms. The highest BCUT2D eigenvalue weighted by molar-refractivity contribution is 5.56. The molecule has 0 amide bonds. The zero-order valence-corrected chi connectivity index (χ0v) is 12.6. The molecule has 1 fully saturated rings. The fourth-order valence-corrected chi connectivity index (χ4v) is 3.68. The summed E-state index contributed by atoms with van der Waals surface area (Å²) in [6, 6.07) is 11.1. The van der Waals surface area contributed by atoms with E-state index in [2.05, 4.69) is 44.5 Å². The molecule has 2 aliphatic rings. The molecule has 0 saturated carbocycles. The third-order valence-corrected chi connectivity index (χ3v) is 4.71. The van der Waals surface area contributed by atoms with Crippen LogP contribution in [0.3, 0.4) is 0 Å². The van der Waals surface area contributed by atoms with E-state index >= 15 is 0 Å².